The highest BCUT2D eigenvalue weighted by molar-refractivity contribution is 7.98. The molecule has 0 radical (unpaired) electrons. The Morgan fingerprint density at radius 1 is 1.07 bits per heavy atom. The Morgan fingerprint density at radius 2 is 1.90 bits per heavy atom. The van der Waals surface area contributed by atoms with Crippen molar-refractivity contribution in [1.82, 2.24) is 19.7 Å². The van der Waals surface area contributed by atoms with Crippen molar-refractivity contribution in [1.29, 1.82) is 0 Å². The lowest BCUT2D eigenvalue weighted by Crippen LogP contribution is -2.21. The van der Waals surface area contributed by atoms with E-state index in [9.17, 15) is 9.59 Å². The molecule has 0 atom stereocenters. The first-order chi connectivity index (χ1) is 19.1. The molecule has 40 heavy (non-hydrogen) atoms. The zero-order chi connectivity index (χ0) is 28.4. The number of carbonyl (C=O) groups excluding carboxylic acids is 2. The summed E-state index contributed by atoms with van der Waals surface area (Å²) < 4.78 is 7.86. The predicted octanol–water partition coefficient (Wildman–Crippen LogP) is 6.31. The number of thioether (sulfide) groups is 1. The minimum atomic E-state index is -0.399. The number of anilines is 3. The second-order valence-electron chi connectivity index (χ2n) is 10.5. The van der Waals surface area contributed by atoms with Gasteiger partial charge in [0.15, 0.2) is 0 Å². The number of nitrogens with one attached hydrogen (secondary N) is 3. The quantitative estimate of drug-likeness (QED) is 0.237. The lowest BCUT2D eigenvalue weighted by Gasteiger charge is -2.19. The smallest absolute Gasteiger partial charge is 0.324 e. The summed E-state index contributed by atoms with van der Waals surface area (Å²) in [5.74, 6) is 2.27. The fourth-order valence-electron chi connectivity index (χ4n) is 4.21. The number of ether oxygens (including phenoxy) is 1. The molecule has 1 aliphatic rings. The van der Waals surface area contributed by atoms with Crippen molar-refractivity contribution in [3.8, 4) is 17.2 Å². The molecular formula is C29H31N7O3S. The summed E-state index contributed by atoms with van der Waals surface area (Å²) >= 11 is 1.49. The zero-order valence-electron chi connectivity index (χ0n) is 23.0. The summed E-state index contributed by atoms with van der Waals surface area (Å²) in [6.07, 6.45) is 6.22. The molecule has 0 saturated heterocycles. The van der Waals surface area contributed by atoms with Gasteiger partial charge in [-0.1, -0.05) is 20.8 Å². The van der Waals surface area contributed by atoms with E-state index in [4.69, 9.17) is 9.84 Å². The third-order valence-electron chi connectivity index (χ3n) is 6.38. The molecule has 1 aromatic carbocycles. The molecule has 1 aliphatic heterocycles. The van der Waals surface area contributed by atoms with Crippen molar-refractivity contribution in [3.05, 3.63) is 71.8 Å². The monoisotopic (exact) mass is 557 g/mol. The number of aryl methyl sites for hydroxylation is 1. The van der Waals surface area contributed by atoms with Crippen LogP contribution < -0.4 is 20.7 Å². The van der Waals surface area contributed by atoms with Crippen LogP contribution in [0.25, 0.3) is 5.69 Å². The molecule has 0 bridgehead atoms. The largest absolute Gasteiger partial charge is 0.457 e. The number of hydrogen-bond donors (Lipinski definition) is 3. The number of pyridine rings is 2. The molecule has 3 N–H and O–H groups in total. The Bertz CT molecular complexity index is 1580. The number of benzene rings is 1. The van der Waals surface area contributed by atoms with Gasteiger partial charge in [0, 0.05) is 40.3 Å². The molecule has 4 heterocycles. The SMILES string of the molecule is CSc1cc(Oc2ccnc3c2CCC(=O)N3)ccc1NC(=O)Nc1cc(C(C)(C)C)nn1-c1ccc(C)nc1. The van der Waals surface area contributed by atoms with E-state index < -0.39 is 6.03 Å². The molecule has 206 valence electrons. The Hall–Kier alpha value is -4.38. The van der Waals surface area contributed by atoms with Crippen molar-refractivity contribution >= 4 is 41.0 Å². The number of nitrogens with zero attached hydrogens (tertiary/aromatic N) is 4. The van der Waals surface area contributed by atoms with E-state index in [2.05, 4.69) is 46.7 Å². The maximum absolute atomic E-state index is 13.1. The number of aromatic nitrogens is 4. The average Bonchev–Trinajstić information content (AvgIpc) is 3.34. The first kappa shape index (κ1) is 27.2. The Morgan fingerprint density at radius 3 is 2.62 bits per heavy atom. The van der Waals surface area contributed by atoms with Gasteiger partial charge in [0.05, 0.1) is 23.3 Å². The van der Waals surface area contributed by atoms with Crippen LogP contribution in [0.5, 0.6) is 11.5 Å². The van der Waals surface area contributed by atoms with Gasteiger partial charge in [0.1, 0.15) is 23.1 Å². The van der Waals surface area contributed by atoms with Crippen molar-refractivity contribution < 1.29 is 14.3 Å². The molecule has 0 unspecified atom stereocenters. The molecule has 10 nitrogen and oxygen atoms in total. The summed E-state index contributed by atoms with van der Waals surface area (Å²) in [7, 11) is 0. The summed E-state index contributed by atoms with van der Waals surface area (Å²) in [4.78, 5) is 34.3. The Kier molecular flexibility index (Phi) is 7.49. The van der Waals surface area contributed by atoms with Crippen LogP contribution in [-0.4, -0.2) is 37.9 Å². The topological polar surface area (TPSA) is 123 Å². The second kappa shape index (κ2) is 11.0. The van der Waals surface area contributed by atoms with E-state index in [1.54, 1.807) is 35.3 Å². The molecule has 0 saturated carbocycles. The van der Waals surface area contributed by atoms with Gasteiger partial charge in [0.25, 0.3) is 0 Å². The molecule has 3 aromatic heterocycles. The highest BCUT2D eigenvalue weighted by Gasteiger charge is 2.23. The van der Waals surface area contributed by atoms with E-state index in [0.29, 0.717) is 41.7 Å². The normalized spacial score (nSPS) is 12.9. The predicted molar refractivity (Wildman–Crippen MR) is 157 cm³/mol. The number of amides is 3. The fraction of sp³-hybridized carbons (Fsp3) is 0.276. The highest BCUT2D eigenvalue weighted by Crippen LogP contribution is 2.36. The molecule has 3 amide bonds. The van der Waals surface area contributed by atoms with Gasteiger partial charge in [-0.15, -0.1) is 11.8 Å². The standard InChI is InChI=1S/C29H31N7O3S/c1-17-6-7-18(16-31-17)36-25(15-24(35-36)29(2,3)4)33-28(38)32-21-10-8-19(14-23(21)40-5)39-22-12-13-30-27-20(22)9-11-26(37)34-27/h6-8,10,12-16H,9,11H2,1-5H3,(H,30,34,37)(H2,32,33,38). The Labute approximate surface area is 237 Å². The molecule has 0 spiro atoms. The molecule has 0 aliphatic carbocycles. The number of fused-ring (bicyclic) bond motifs is 1. The maximum Gasteiger partial charge on any atom is 0.324 e. The fourth-order valence-corrected chi connectivity index (χ4v) is 4.78. The number of rotatable bonds is 6. The summed E-state index contributed by atoms with van der Waals surface area (Å²) in [6.45, 7) is 8.14. The minimum Gasteiger partial charge on any atom is -0.457 e. The number of urea groups is 1. The lowest BCUT2D eigenvalue weighted by atomic mass is 9.92. The summed E-state index contributed by atoms with van der Waals surface area (Å²) in [5, 5.41) is 13.4. The van der Waals surface area contributed by atoms with Crippen LogP contribution in [0, 0.1) is 6.92 Å². The van der Waals surface area contributed by atoms with Crippen LogP contribution in [0.3, 0.4) is 0 Å². The maximum atomic E-state index is 13.1. The van der Waals surface area contributed by atoms with Crippen LogP contribution >= 0.6 is 11.8 Å². The highest BCUT2D eigenvalue weighted by atomic mass is 32.2. The van der Waals surface area contributed by atoms with Crippen LogP contribution in [0.1, 0.15) is 44.1 Å². The van der Waals surface area contributed by atoms with E-state index >= 15 is 0 Å². The summed E-state index contributed by atoms with van der Waals surface area (Å²) in [5.41, 5.74) is 3.78. The minimum absolute atomic E-state index is 0.0521. The van der Waals surface area contributed by atoms with Crippen molar-refractivity contribution in [2.45, 2.75) is 50.8 Å². The van der Waals surface area contributed by atoms with E-state index in [-0.39, 0.29) is 11.3 Å². The molecule has 4 aromatic rings. The lowest BCUT2D eigenvalue weighted by molar-refractivity contribution is -0.116. The molecule has 5 rings (SSSR count). The van der Waals surface area contributed by atoms with Gasteiger partial charge < -0.3 is 15.4 Å². The average molecular weight is 558 g/mol. The van der Waals surface area contributed by atoms with E-state index in [1.165, 1.54) is 11.8 Å². The van der Waals surface area contributed by atoms with Crippen molar-refractivity contribution in [2.24, 2.45) is 0 Å². The van der Waals surface area contributed by atoms with Crippen LogP contribution in [-0.2, 0) is 16.6 Å². The number of carbonyl (C=O) groups is 2. The van der Waals surface area contributed by atoms with Gasteiger partial charge in [-0.3, -0.25) is 15.1 Å². The molecule has 0 fully saturated rings. The zero-order valence-corrected chi connectivity index (χ0v) is 23.8. The van der Waals surface area contributed by atoms with Gasteiger partial charge in [-0.2, -0.15) is 5.10 Å². The van der Waals surface area contributed by atoms with Crippen LogP contribution in [0.2, 0.25) is 0 Å². The molecule has 11 heteroatoms. The first-order valence-corrected chi connectivity index (χ1v) is 14.1. The van der Waals surface area contributed by atoms with Gasteiger partial charge >= 0.3 is 6.03 Å². The first-order valence-electron chi connectivity index (χ1n) is 12.9. The number of hydrogen-bond acceptors (Lipinski definition) is 7. The third-order valence-corrected chi connectivity index (χ3v) is 7.16. The Balaban J connectivity index is 1.35. The van der Waals surface area contributed by atoms with Crippen LogP contribution in [0.15, 0.2) is 59.8 Å². The van der Waals surface area contributed by atoms with Crippen molar-refractivity contribution in [2.75, 3.05) is 22.2 Å². The molecular weight excluding hydrogens is 526 g/mol. The van der Waals surface area contributed by atoms with Crippen molar-refractivity contribution in [3.63, 3.8) is 0 Å². The van der Waals surface area contributed by atoms with Crippen LogP contribution in [0.4, 0.5) is 22.1 Å². The van der Waals surface area contributed by atoms with E-state index in [0.717, 1.165) is 27.5 Å². The van der Waals surface area contributed by atoms with Gasteiger partial charge in [-0.25, -0.2) is 14.5 Å². The van der Waals surface area contributed by atoms with E-state index in [1.807, 2.05) is 37.4 Å². The van der Waals surface area contributed by atoms with Gasteiger partial charge in [0.2, 0.25) is 5.91 Å². The third kappa shape index (κ3) is 5.94. The second-order valence-corrected chi connectivity index (χ2v) is 11.3. The summed E-state index contributed by atoms with van der Waals surface area (Å²) in [6, 6.07) is 12.6. The van der Waals surface area contributed by atoms with Gasteiger partial charge in [-0.05, 0) is 56.0 Å².